The third-order valence-electron chi connectivity index (χ3n) is 7.44. The van der Waals surface area contributed by atoms with Gasteiger partial charge in [0.05, 0.1) is 0 Å². The van der Waals surface area contributed by atoms with Crippen molar-refractivity contribution < 1.29 is 9.53 Å². The van der Waals surface area contributed by atoms with Crippen LogP contribution in [0.5, 0.6) is 0 Å². The van der Waals surface area contributed by atoms with Gasteiger partial charge in [-0.25, -0.2) is 0 Å². The smallest absolute Gasteiger partial charge is 0.163 e. The van der Waals surface area contributed by atoms with Gasteiger partial charge in [-0.05, 0) is 101 Å². The van der Waals surface area contributed by atoms with E-state index in [0.717, 1.165) is 75.2 Å². The van der Waals surface area contributed by atoms with Gasteiger partial charge in [-0.1, -0.05) is 24.3 Å². The number of hydrogen-bond donors (Lipinski definition) is 0. The molecule has 4 nitrogen and oxygen atoms in total. The van der Waals surface area contributed by atoms with Crippen molar-refractivity contribution in [1.82, 2.24) is 4.98 Å². The first-order chi connectivity index (χ1) is 16.6. The van der Waals surface area contributed by atoms with Crippen molar-refractivity contribution >= 4 is 11.5 Å². The molecule has 1 aliphatic heterocycles. The molecule has 2 aliphatic rings. The molecular formula is C30H40N2O2. The van der Waals surface area contributed by atoms with Crippen LogP contribution in [-0.2, 0) is 24.0 Å². The Hall–Kier alpha value is -2.46. The monoisotopic (exact) mass is 460 g/mol. The highest BCUT2D eigenvalue weighted by atomic mass is 16.5. The molecule has 0 atom stereocenters. The lowest BCUT2D eigenvalue weighted by Gasteiger charge is -2.37. The van der Waals surface area contributed by atoms with Crippen molar-refractivity contribution in [2.45, 2.75) is 84.6 Å². The summed E-state index contributed by atoms with van der Waals surface area (Å²) >= 11 is 0. The molecule has 0 unspecified atom stereocenters. The standard InChI is InChI=1S/C30H40N2O2/c1-4-32(25-17-19-34-20-18-25)29-14-10-13-28-27(29)12-9-7-5-6-8-11-24-21-22(2)31-23(3)26(24)15-16-30(28)33/h7,9-10,13-14,21,25H,4-6,8,11-12,15-20H2,1-3H3. The summed E-state index contributed by atoms with van der Waals surface area (Å²) in [6.45, 7) is 8.98. The molecule has 2 aromatic rings. The van der Waals surface area contributed by atoms with Gasteiger partial charge in [0.2, 0.25) is 0 Å². The van der Waals surface area contributed by atoms with E-state index in [1.165, 1.54) is 35.2 Å². The van der Waals surface area contributed by atoms with Gasteiger partial charge in [0.15, 0.2) is 5.78 Å². The van der Waals surface area contributed by atoms with E-state index in [1.807, 2.05) is 6.07 Å². The van der Waals surface area contributed by atoms with Gasteiger partial charge in [0, 0.05) is 54.9 Å². The largest absolute Gasteiger partial charge is 0.381 e. The Kier molecular flexibility index (Phi) is 8.55. The lowest BCUT2D eigenvalue weighted by molar-refractivity contribution is 0.0846. The normalized spacial score (nSPS) is 18.1. The van der Waals surface area contributed by atoms with E-state index in [9.17, 15) is 4.79 Å². The van der Waals surface area contributed by atoms with Crippen LogP contribution in [0, 0.1) is 13.8 Å². The first-order valence-corrected chi connectivity index (χ1v) is 13.2. The second-order valence-corrected chi connectivity index (χ2v) is 9.76. The Labute approximate surface area is 205 Å². The highest BCUT2D eigenvalue weighted by Gasteiger charge is 2.24. The van der Waals surface area contributed by atoms with Crippen molar-refractivity contribution in [3.8, 4) is 0 Å². The summed E-state index contributed by atoms with van der Waals surface area (Å²) in [6, 6.07) is 9.04. The summed E-state index contributed by atoms with van der Waals surface area (Å²) in [5.41, 5.74) is 8.13. The van der Waals surface area contributed by atoms with Gasteiger partial charge in [0.25, 0.3) is 0 Å². The average Bonchev–Trinajstić information content (AvgIpc) is 2.84. The van der Waals surface area contributed by atoms with E-state index in [0.29, 0.717) is 12.5 Å². The third-order valence-corrected chi connectivity index (χ3v) is 7.44. The lowest BCUT2D eigenvalue weighted by Crippen LogP contribution is -2.40. The van der Waals surface area contributed by atoms with Crippen LogP contribution in [0.1, 0.15) is 83.9 Å². The van der Waals surface area contributed by atoms with Crippen molar-refractivity contribution in [2.75, 3.05) is 24.7 Å². The molecule has 1 fully saturated rings. The number of rotatable bonds is 3. The Balaban J connectivity index is 1.69. The zero-order valence-corrected chi connectivity index (χ0v) is 21.2. The molecule has 0 N–H and O–H groups in total. The topological polar surface area (TPSA) is 42.4 Å². The fourth-order valence-electron chi connectivity index (χ4n) is 5.71. The average molecular weight is 461 g/mol. The molecule has 34 heavy (non-hydrogen) atoms. The summed E-state index contributed by atoms with van der Waals surface area (Å²) in [5.74, 6) is 0.247. The van der Waals surface area contributed by atoms with E-state index in [4.69, 9.17) is 9.72 Å². The second-order valence-electron chi connectivity index (χ2n) is 9.76. The van der Waals surface area contributed by atoms with Crippen molar-refractivity contribution in [3.05, 3.63) is 70.1 Å². The molecule has 1 aliphatic carbocycles. The molecule has 0 bridgehead atoms. The minimum absolute atomic E-state index is 0.247. The summed E-state index contributed by atoms with van der Waals surface area (Å²) < 4.78 is 5.62. The third kappa shape index (κ3) is 5.78. The molecule has 1 aromatic carbocycles. The highest BCUT2D eigenvalue weighted by molar-refractivity contribution is 5.99. The Morgan fingerprint density at radius 1 is 1.03 bits per heavy atom. The summed E-state index contributed by atoms with van der Waals surface area (Å²) in [5, 5.41) is 0. The maximum Gasteiger partial charge on any atom is 0.163 e. The number of carbonyl (C=O) groups excluding carboxylic acids is 1. The Morgan fingerprint density at radius 2 is 1.85 bits per heavy atom. The molecule has 2 heterocycles. The van der Waals surface area contributed by atoms with Crippen LogP contribution in [0.25, 0.3) is 0 Å². The van der Waals surface area contributed by atoms with Crippen LogP contribution >= 0.6 is 0 Å². The molecule has 0 amide bonds. The van der Waals surface area contributed by atoms with Crippen molar-refractivity contribution in [2.24, 2.45) is 0 Å². The first-order valence-electron chi connectivity index (χ1n) is 13.2. The zero-order chi connectivity index (χ0) is 23.9. The number of carbonyl (C=O) groups is 1. The van der Waals surface area contributed by atoms with Crippen LogP contribution in [0.15, 0.2) is 36.4 Å². The second kappa shape index (κ2) is 11.8. The maximum atomic E-state index is 13.6. The van der Waals surface area contributed by atoms with Crippen molar-refractivity contribution in [1.29, 1.82) is 0 Å². The number of aryl methyl sites for hydroxylation is 3. The van der Waals surface area contributed by atoms with Gasteiger partial charge in [-0.15, -0.1) is 0 Å². The molecule has 0 spiro atoms. The summed E-state index contributed by atoms with van der Waals surface area (Å²) in [4.78, 5) is 20.9. The quantitative estimate of drug-likeness (QED) is 0.501. The summed E-state index contributed by atoms with van der Waals surface area (Å²) in [6.07, 6.45) is 13.3. The Morgan fingerprint density at radius 3 is 2.65 bits per heavy atom. The predicted octanol–water partition coefficient (Wildman–Crippen LogP) is 6.34. The number of aromatic nitrogens is 1. The minimum Gasteiger partial charge on any atom is -0.381 e. The van der Waals surface area contributed by atoms with Gasteiger partial charge in [-0.2, -0.15) is 0 Å². The number of fused-ring (bicyclic) bond motifs is 2. The maximum absolute atomic E-state index is 13.6. The van der Waals surface area contributed by atoms with Crippen LogP contribution in [-0.4, -0.2) is 36.6 Å². The molecule has 4 heteroatoms. The number of benzene rings is 1. The van der Waals surface area contributed by atoms with Crippen LogP contribution < -0.4 is 4.90 Å². The first kappa shape index (κ1) is 24.7. The van der Waals surface area contributed by atoms with E-state index in [-0.39, 0.29) is 5.78 Å². The van der Waals surface area contributed by atoms with Crippen LogP contribution in [0.4, 0.5) is 5.69 Å². The van der Waals surface area contributed by atoms with Gasteiger partial charge >= 0.3 is 0 Å². The predicted molar refractivity (Wildman–Crippen MR) is 140 cm³/mol. The number of Topliss-reactive ketones (excluding diaryl/α,β-unsaturated/α-hetero) is 1. The SMILES string of the molecule is CCN(c1cccc2c1CC=CCCCCc1cc(C)nc(C)c1CCC2=O)C1CCOCC1. The minimum atomic E-state index is 0.247. The molecule has 0 radical (unpaired) electrons. The van der Waals surface area contributed by atoms with E-state index in [2.05, 4.69) is 56.0 Å². The number of ether oxygens (including phenoxy) is 1. The lowest BCUT2D eigenvalue weighted by atomic mass is 9.91. The molecular weight excluding hydrogens is 420 g/mol. The molecule has 182 valence electrons. The zero-order valence-electron chi connectivity index (χ0n) is 21.2. The van der Waals surface area contributed by atoms with E-state index < -0.39 is 0 Å². The summed E-state index contributed by atoms with van der Waals surface area (Å²) in [7, 11) is 0. The fraction of sp³-hybridized carbons (Fsp3) is 0.533. The molecule has 1 saturated heterocycles. The van der Waals surface area contributed by atoms with E-state index in [1.54, 1.807) is 0 Å². The van der Waals surface area contributed by atoms with Gasteiger partial charge in [0.1, 0.15) is 0 Å². The number of hydrogen-bond acceptors (Lipinski definition) is 4. The number of nitrogens with zero attached hydrogens (tertiary/aromatic N) is 2. The highest BCUT2D eigenvalue weighted by Crippen LogP contribution is 2.31. The molecule has 0 saturated carbocycles. The van der Waals surface area contributed by atoms with Crippen LogP contribution in [0.3, 0.4) is 0 Å². The fourth-order valence-corrected chi connectivity index (χ4v) is 5.71. The van der Waals surface area contributed by atoms with Gasteiger partial charge < -0.3 is 9.64 Å². The van der Waals surface area contributed by atoms with E-state index >= 15 is 0 Å². The number of anilines is 1. The van der Waals surface area contributed by atoms with Gasteiger partial charge in [-0.3, -0.25) is 9.78 Å². The molecule has 4 rings (SSSR count). The van der Waals surface area contributed by atoms with Crippen molar-refractivity contribution in [3.63, 3.8) is 0 Å². The number of pyridine rings is 1. The molecule has 1 aromatic heterocycles. The number of ketones is 1. The Bertz CT molecular complexity index is 1020. The number of allylic oxidation sites excluding steroid dienone is 2. The van der Waals surface area contributed by atoms with Crippen LogP contribution in [0.2, 0.25) is 0 Å².